The van der Waals surface area contributed by atoms with Gasteiger partial charge in [0.2, 0.25) is 0 Å². The highest BCUT2D eigenvalue weighted by molar-refractivity contribution is 5.69. The van der Waals surface area contributed by atoms with Crippen molar-refractivity contribution in [3.8, 4) is 0 Å². The maximum Gasteiger partial charge on any atom is 0.305 e. The molecule has 4 aliphatic rings. The van der Waals surface area contributed by atoms with E-state index in [2.05, 4.69) is 26.8 Å². The maximum absolute atomic E-state index is 11.7. The highest BCUT2D eigenvalue weighted by atomic mass is 16.5. The van der Waals surface area contributed by atoms with Crippen LogP contribution in [0.3, 0.4) is 0 Å². The zero-order valence-corrected chi connectivity index (χ0v) is 19.7. The average Bonchev–Trinajstić information content (AvgIpc) is 3.09. The summed E-state index contributed by atoms with van der Waals surface area (Å²) in [6.45, 7) is 7.28. The van der Waals surface area contributed by atoms with E-state index in [9.17, 15) is 9.90 Å². The molecule has 0 heterocycles. The van der Waals surface area contributed by atoms with Crippen LogP contribution >= 0.6 is 0 Å². The fourth-order valence-electron chi connectivity index (χ4n) is 8.41. The molecule has 30 heavy (non-hydrogen) atoms. The number of carbonyl (C=O) groups excluding carboxylic acids is 1. The molecule has 0 amide bonds. The smallest absolute Gasteiger partial charge is 0.305 e. The molecular weight excluding hydrogens is 376 g/mol. The summed E-state index contributed by atoms with van der Waals surface area (Å²) in [5.74, 6) is 2.91. The second kappa shape index (κ2) is 8.24. The van der Waals surface area contributed by atoms with Gasteiger partial charge in [-0.2, -0.15) is 0 Å². The second-order valence-electron chi connectivity index (χ2n) is 11.3. The molecule has 170 valence electrons. The lowest BCUT2D eigenvalue weighted by Crippen LogP contribution is -2.53. The van der Waals surface area contributed by atoms with Crippen molar-refractivity contribution in [2.45, 2.75) is 90.8 Å². The SMILES string of the molecule is COC(=O)CC[C@H](C)[C@H]1CC[C@H]2[C@H]3CC[C@H]4C[C@H](O)CC[C@]4(C)C3=C[C@H](OC)[C@]12C. The Kier molecular flexibility index (Phi) is 6.13. The summed E-state index contributed by atoms with van der Waals surface area (Å²) in [4.78, 5) is 11.7. The van der Waals surface area contributed by atoms with Gasteiger partial charge in [-0.3, -0.25) is 4.79 Å². The number of rotatable bonds is 5. The highest BCUT2D eigenvalue weighted by Crippen LogP contribution is 2.66. The van der Waals surface area contributed by atoms with Crippen LogP contribution in [0.25, 0.3) is 0 Å². The summed E-state index contributed by atoms with van der Waals surface area (Å²) in [6, 6.07) is 0. The van der Waals surface area contributed by atoms with Crippen LogP contribution in [0.15, 0.2) is 11.6 Å². The molecule has 0 spiro atoms. The van der Waals surface area contributed by atoms with Gasteiger partial charge in [-0.1, -0.05) is 32.4 Å². The van der Waals surface area contributed by atoms with Crippen LogP contribution in [0.5, 0.6) is 0 Å². The summed E-state index contributed by atoms with van der Waals surface area (Å²) in [7, 11) is 3.36. The molecule has 0 unspecified atom stereocenters. The first kappa shape index (κ1) is 22.3. The Morgan fingerprint density at radius 2 is 1.97 bits per heavy atom. The van der Waals surface area contributed by atoms with Gasteiger partial charge in [-0.25, -0.2) is 0 Å². The highest BCUT2D eigenvalue weighted by Gasteiger charge is 2.61. The van der Waals surface area contributed by atoms with Crippen molar-refractivity contribution in [3.05, 3.63) is 11.6 Å². The molecule has 9 atom stereocenters. The molecule has 4 nitrogen and oxygen atoms in total. The Labute approximate surface area is 182 Å². The normalized spacial score (nSPS) is 46.3. The van der Waals surface area contributed by atoms with Gasteiger partial charge in [0.25, 0.3) is 0 Å². The van der Waals surface area contributed by atoms with Crippen LogP contribution in [0.2, 0.25) is 0 Å². The molecule has 0 aliphatic heterocycles. The van der Waals surface area contributed by atoms with Crippen molar-refractivity contribution in [3.63, 3.8) is 0 Å². The Bertz CT molecular complexity index is 687. The van der Waals surface area contributed by atoms with Crippen LogP contribution in [0.4, 0.5) is 0 Å². The van der Waals surface area contributed by atoms with E-state index in [-0.39, 0.29) is 29.0 Å². The molecule has 0 aromatic carbocycles. The van der Waals surface area contributed by atoms with Crippen molar-refractivity contribution in [2.75, 3.05) is 14.2 Å². The summed E-state index contributed by atoms with van der Waals surface area (Å²) in [5.41, 5.74) is 2.02. The standard InChI is InChI=1S/C26H42O4/c1-16(6-11-24(28)30-5)20-9-10-21-19-8-7-17-14-18(27)12-13-25(17,2)22(19)15-23(29-4)26(20,21)3/h15-21,23,27H,6-14H2,1-5H3/t16-,17-,18+,19+,20+,21-,23-,25-,26+/m0/s1. The number of hydrogen-bond donors (Lipinski definition) is 1. The fourth-order valence-corrected chi connectivity index (χ4v) is 8.41. The maximum atomic E-state index is 11.7. The van der Waals surface area contributed by atoms with Crippen molar-refractivity contribution in [1.29, 1.82) is 0 Å². The van der Waals surface area contributed by atoms with Crippen LogP contribution in [0, 0.1) is 40.4 Å². The van der Waals surface area contributed by atoms with Gasteiger partial charge >= 0.3 is 5.97 Å². The van der Waals surface area contributed by atoms with Crippen LogP contribution in [0.1, 0.15) is 78.6 Å². The third-order valence-electron chi connectivity index (χ3n) is 10.1. The number of aliphatic hydroxyl groups is 1. The minimum absolute atomic E-state index is 0.0959. The van der Waals surface area contributed by atoms with Crippen LogP contribution in [-0.2, 0) is 14.3 Å². The number of ether oxygens (including phenoxy) is 2. The summed E-state index contributed by atoms with van der Waals surface area (Å²) >= 11 is 0. The largest absolute Gasteiger partial charge is 0.469 e. The fraction of sp³-hybridized carbons (Fsp3) is 0.885. The van der Waals surface area contributed by atoms with Crippen molar-refractivity contribution < 1.29 is 19.4 Å². The first-order chi connectivity index (χ1) is 14.3. The molecular formula is C26H42O4. The van der Waals surface area contributed by atoms with E-state index in [1.54, 1.807) is 5.57 Å². The van der Waals surface area contributed by atoms with E-state index in [1.165, 1.54) is 32.8 Å². The van der Waals surface area contributed by atoms with E-state index in [0.29, 0.717) is 36.0 Å². The zero-order chi connectivity index (χ0) is 21.7. The lowest BCUT2D eigenvalue weighted by Gasteiger charge is -2.58. The van der Waals surface area contributed by atoms with Crippen LogP contribution in [-0.4, -0.2) is 37.5 Å². The summed E-state index contributed by atoms with van der Waals surface area (Å²) in [5, 5.41) is 10.3. The molecule has 3 saturated carbocycles. The van der Waals surface area contributed by atoms with Crippen molar-refractivity contribution in [1.82, 2.24) is 0 Å². The van der Waals surface area contributed by atoms with Crippen molar-refractivity contribution >= 4 is 5.97 Å². The van der Waals surface area contributed by atoms with Gasteiger partial charge in [0, 0.05) is 18.9 Å². The van der Waals surface area contributed by atoms with Gasteiger partial charge in [0.15, 0.2) is 0 Å². The molecule has 4 aliphatic carbocycles. The van der Waals surface area contributed by atoms with Crippen LogP contribution < -0.4 is 0 Å². The number of aliphatic hydroxyl groups excluding tert-OH is 1. The number of allylic oxidation sites excluding steroid dienone is 1. The van der Waals surface area contributed by atoms with Gasteiger partial charge in [-0.15, -0.1) is 0 Å². The van der Waals surface area contributed by atoms with E-state index in [0.717, 1.165) is 25.7 Å². The van der Waals surface area contributed by atoms with Gasteiger partial charge in [0.1, 0.15) is 0 Å². The van der Waals surface area contributed by atoms with Gasteiger partial charge < -0.3 is 14.6 Å². The first-order valence-corrected chi connectivity index (χ1v) is 12.3. The second-order valence-corrected chi connectivity index (χ2v) is 11.3. The molecule has 4 rings (SSSR count). The monoisotopic (exact) mass is 418 g/mol. The third kappa shape index (κ3) is 3.37. The lowest BCUT2D eigenvalue weighted by atomic mass is 9.47. The summed E-state index contributed by atoms with van der Waals surface area (Å²) < 4.78 is 11.1. The van der Waals surface area contributed by atoms with Gasteiger partial charge in [0.05, 0.1) is 19.3 Å². The number of carbonyl (C=O) groups is 1. The minimum Gasteiger partial charge on any atom is -0.469 e. The molecule has 4 heteroatoms. The molecule has 0 aromatic rings. The molecule has 1 N–H and O–H groups in total. The third-order valence-corrected chi connectivity index (χ3v) is 10.1. The Morgan fingerprint density at radius 1 is 1.20 bits per heavy atom. The molecule has 3 fully saturated rings. The van der Waals surface area contributed by atoms with E-state index in [4.69, 9.17) is 9.47 Å². The number of hydrogen-bond acceptors (Lipinski definition) is 4. The Balaban J connectivity index is 1.63. The van der Waals surface area contributed by atoms with Gasteiger partial charge in [-0.05, 0) is 86.4 Å². The Hall–Kier alpha value is -0.870. The number of methoxy groups -OCH3 is 2. The Morgan fingerprint density at radius 3 is 2.67 bits per heavy atom. The number of esters is 1. The zero-order valence-electron chi connectivity index (χ0n) is 19.7. The van der Waals surface area contributed by atoms with E-state index < -0.39 is 0 Å². The van der Waals surface area contributed by atoms with E-state index in [1.807, 2.05) is 7.11 Å². The average molecular weight is 419 g/mol. The predicted octanol–water partition coefficient (Wildman–Crippen LogP) is 5.14. The minimum atomic E-state index is -0.112. The quantitative estimate of drug-likeness (QED) is 0.496. The first-order valence-electron chi connectivity index (χ1n) is 12.3. The predicted molar refractivity (Wildman–Crippen MR) is 118 cm³/mol. The molecule has 0 radical (unpaired) electrons. The molecule has 0 aromatic heterocycles. The number of fused-ring (bicyclic) bond motifs is 5. The summed E-state index contributed by atoms with van der Waals surface area (Å²) in [6.07, 6.45) is 12.0. The molecule has 0 bridgehead atoms. The lowest BCUT2D eigenvalue weighted by molar-refractivity contribution is -0.141. The van der Waals surface area contributed by atoms with Crippen molar-refractivity contribution in [2.24, 2.45) is 40.4 Å². The molecule has 0 saturated heterocycles. The van der Waals surface area contributed by atoms with E-state index >= 15 is 0 Å². The topological polar surface area (TPSA) is 55.8 Å².